The molecule has 0 saturated heterocycles. The van der Waals surface area contributed by atoms with Crippen molar-refractivity contribution < 1.29 is 5.11 Å². The molecular formula is C17H24BrClO. The standard InChI is InChI=1S/C17H24BrClO/c1-15(2)9-16(3,4)11-17(20,10-15)8-12-5-6-13(18)7-14(12)19/h5-7,20H,8-11H2,1-4H3. The van der Waals surface area contributed by atoms with E-state index in [0.29, 0.717) is 6.42 Å². The second kappa shape index (κ2) is 5.30. The van der Waals surface area contributed by atoms with E-state index in [2.05, 4.69) is 43.6 Å². The lowest BCUT2D eigenvalue weighted by molar-refractivity contribution is -0.0850. The van der Waals surface area contributed by atoms with Crippen molar-refractivity contribution >= 4 is 27.5 Å². The van der Waals surface area contributed by atoms with E-state index in [-0.39, 0.29) is 10.8 Å². The van der Waals surface area contributed by atoms with Crippen LogP contribution in [0.1, 0.15) is 52.5 Å². The smallest absolute Gasteiger partial charge is 0.0698 e. The van der Waals surface area contributed by atoms with Crippen LogP contribution in [0.3, 0.4) is 0 Å². The molecule has 1 saturated carbocycles. The molecule has 2 rings (SSSR count). The molecule has 20 heavy (non-hydrogen) atoms. The monoisotopic (exact) mass is 358 g/mol. The number of hydrogen-bond donors (Lipinski definition) is 1. The van der Waals surface area contributed by atoms with Crippen LogP contribution in [0.2, 0.25) is 5.02 Å². The van der Waals surface area contributed by atoms with Crippen molar-refractivity contribution in [2.24, 2.45) is 10.8 Å². The van der Waals surface area contributed by atoms with Crippen LogP contribution in [0.25, 0.3) is 0 Å². The molecule has 1 aromatic rings. The predicted octanol–water partition coefficient (Wildman–Crippen LogP) is 5.61. The van der Waals surface area contributed by atoms with Crippen LogP contribution in [-0.2, 0) is 6.42 Å². The molecule has 1 N–H and O–H groups in total. The number of benzene rings is 1. The fourth-order valence-electron chi connectivity index (χ4n) is 4.41. The molecule has 0 atom stereocenters. The summed E-state index contributed by atoms with van der Waals surface area (Å²) in [4.78, 5) is 0. The molecule has 1 aromatic carbocycles. The fourth-order valence-corrected chi connectivity index (χ4v) is 5.15. The highest BCUT2D eigenvalue weighted by atomic mass is 79.9. The average molecular weight is 360 g/mol. The summed E-state index contributed by atoms with van der Waals surface area (Å²) in [6.07, 6.45) is 3.44. The minimum Gasteiger partial charge on any atom is -0.390 e. The zero-order chi connectivity index (χ0) is 15.2. The van der Waals surface area contributed by atoms with Gasteiger partial charge in [0.1, 0.15) is 0 Å². The molecule has 0 aliphatic heterocycles. The number of aliphatic hydroxyl groups is 1. The Hall–Kier alpha value is -0.0500. The molecule has 1 aliphatic carbocycles. The van der Waals surface area contributed by atoms with Crippen molar-refractivity contribution in [1.29, 1.82) is 0 Å². The summed E-state index contributed by atoms with van der Waals surface area (Å²) in [5.41, 5.74) is 0.699. The van der Waals surface area contributed by atoms with E-state index in [4.69, 9.17) is 11.6 Å². The molecule has 0 spiro atoms. The van der Waals surface area contributed by atoms with Crippen molar-refractivity contribution in [2.45, 2.75) is 59.0 Å². The van der Waals surface area contributed by atoms with Gasteiger partial charge in [-0.25, -0.2) is 0 Å². The second-order valence-corrected chi connectivity index (χ2v) is 9.32. The molecular weight excluding hydrogens is 336 g/mol. The first kappa shape index (κ1) is 16.3. The van der Waals surface area contributed by atoms with Gasteiger partial charge in [-0.3, -0.25) is 0 Å². The molecule has 1 aliphatic rings. The highest BCUT2D eigenvalue weighted by molar-refractivity contribution is 9.10. The lowest BCUT2D eigenvalue weighted by atomic mass is 9.58. The highest BCUT2D eigenvalue weighted by Crippen LogP contribution is 2.51. The van der Waals surface area contributed by atoms with Crippen LogP contribution < -0.4 is 0 Å². The summed E-state index contributed by atoms with van der Waals surface area (Å²) >= 11 is 9.74. The van der Waals surface area contributed by atoms with Crippen molar-refractivity contribution in [3.8, 4) is 0 Å². The van der Waals surface area contributed by atoms with E-state index in [0.717, 1.165) is 34.3 Å². The van der Waals surface area contributed by atoms with Crippen LogP contribution >= 0.6 is 27.5 Å². The van der Waals surface area contributed by atoms with E-state index in [1.165, 1.54) is 0 Å². The van der Waals surface area contributed by atoms with Gasteiger partial charge in [-0.1, -0.05) is 61.3 Å². The van der Waals surface area contributed by atoms with Crippen molar-refractivity contribution in [2.75, 3.05) is 0 Å². The van der Waals surface area contributed by atoms with Crippen molar-refractivity contribution in [1.82, 2.24) is 0 Å². The molecule has 0 amide bonds. The van der Waals surface area contributed by atoms with Gasteiger partial charge in [0.25, 0.3) is 0 Å². The van der Waals surface area contributed by atoms with E-state index < -0.39 is 5.60 Å². The zero-order valence-electron chi connectivity index (χ0n) is 12.8. The third-order valence-corrected chi connectivity index (χ3v) is 4.95. The fraction of sp³-hybridized carbons (Fsp3) is 0.647. The van der Waals surface area contributed by atoms with Gasteiger partial charge >= 0.3 is 0 Å². The molecule has 3 heteroatoms. The van der Waals surface area contributed by atoms with Gasteiger partial charge < -0.3 is 5.11 Å². The summed E-state index contributed by atoms with van der Waals surface area (Å²) < 4.78 is 0.975. The third kappa shape index (κ3) is 3.99. The molecule has 0 bridgehead atoms. The van der Waals surface area contributed by atoms with Gasteiger partial charge in [-0.05, 0) is 47.8 Å². The maximum absolute atomic E-state index is 11.1. The molecule has 0 unspecified atom stereocenters. The molecule has 0 heterocycles. The van der Waals surface area contributed by atoms with Crippen LogP contribution in [0.4, 0.5) is 0 Å². The van der Waals surface area contributed by atoms with Gasteiger partial charge in [0, 0.05) is 15.9 Å². The lowest BCUT2D eigenvalue weighted by Gasteiger charge is -2.49. The molecule has 0 radical (unpaired) electrons. The first-order chi connectivity index (χ1) is 9.00. The van der Waals surface area contributed by atoms with Crippen molar-refractivity contribution in [3.63, 3.8) is 0 Å². The minimum absolute atomic E-state index is 0.165. The van der Waals surface area contributed by atoms with E-state index >= 15 is 0 Å². The molecule has 1 fully saturated rings. The average Bonchev–Trinajstić information content (AvgIpc) is 2.16. The normalized spacial score (nSPS) is 23.6. The quantitative estimate of drug-likeness (QED) is 0.727. The summed E-state index contributed by atoms with van der Waals surface area (Å²) in [6, 6.07) is 5.90. The SMILES string of the molecule is CC1(C)CC(C)(C)CC(O)(Cc2ccc(Br)cc2Cl)C1. The van der Waals surface area contributed by atoms with Crippen LogP contribution in [0.15, 0.2) is 22.7 Å². The Bertz CT molecular complexity index is 492. The largest absolute Gasteiger partial charge is 0.390 e. The van der Waals surface area contributed by atoms with Crippen LogP contribution in [-0.4, -0.2) is 10.7 Å². The Morgan fingerprint density at radius 2 is 1.65 bits per heavy atom. The number of halogens is 2. The van der Waals surface area contributed by atoms with Crippen LogP contribution in [0.5, 0.6) is 0 Å². The summed E-state index contributed by atoms with van der Waals surface area (Å²) in [5.74, 6) is 0. The Balaban J connectivity index is 2.26. The Morgan fingerprint density at radius 3 is 2.15 bits per heavy atom. The second-order valence-electron chi connectivity index (χ2n) is 8.00. The number of hydrogen-bond acceptors (Lipinski definition) is 1. The minimum atomic E-state index is -0.664. The highest BCUT2D eigenvalue weighted by Gasteiger charge is 2.46. The van der Waals surface area contributed by atoms with Gasteiger partial charge in [-0.15, -0.1) is 0 Å². The van der Waals surface area contributed by atoms with E-state index in [1.54, 1.807) is 0 Å². The van der Waals surface area contributed by atoms with Crippen LogP contribution in [0, 0.1) is 10.8 Å². The van der Waals surface area contributed by atoms with Crippen molar-refractivity contribution in [3.05, 3.63) is 33.3 Å². The Morgan fingerprint density at radius 1 is 1.10 bits per heavy atom. The molecule has 0 aromatic heterocycles. The lowest BCUT2D eigenvalue weighted by Crippen LogP contribution is -2.47. The van der Waals surface area contributed by atoms with Gasteiger partial charge in [0.2, 0.25) is 0 Å². The zero-order valence-corrected chi connectivity index (χ0v) is 15.1. The number of rotatable bonds is 2. The van der Waals surface area contributed by atoms with E-state index in [1.807, 2.05) is 18.2 Å². The first-order valence-electron chi connectivity index (χ1n) is 7.17. The van der Waals surface area contributed by atoms with Gasteiger partial charge in [0.05, 0.1) is 5.60 Å². The Labute approximate surface area is 135 Å². The maximum atomic E-state index is 11.1. The Kier molecular flexibility index (Phi) is 4.32. The summed E-state index contributed by atoms with van der Waals surface area (Å²) in [7, 11) is 0. The topological polar surface area (TPSA) is 20.2 Å². The summed E-state index contributed by atoms with van der Waals surface area (Å²) in [6.45, 7) is 9.01. The predicted molar refractivity (Wildman–Crippen MR) is 89.2 cm³/mol. The molecule has 1 nitrogen and oxygen atoms in total. The van der Waals surface area contributed by atoms with Gasteiger partial charge in [-0.2, -0.15) is 0 Å². The summed E-state index contributed by atoms with van der Waals surface area (Å²) in [5, 5.41) is 11.8. The first-order valence-corrected chi connectivity index (χ1v) is 8.34. The van der Waals surface area contributed by atoms with Gasteiger partial charge in [0.15, 0.2) is 0 Å². The maximum Gasteiger partial charge on any atom is 0.0698 e. The van der Waals surface area contributed by atoms with E-state index in [9.17, 15) is 5.11 Å². The molecule has 112 valence electrons. The third-order valence-electron chi connectivity index (χ3n) is 4.11.